The Labute approximate surface area is 126 Å². The predicted molar refractivity (Wildman–Crippen MR) is 84.8 cm³/mol. The minimum atomic E-state index is -0.804. The lowest BCUT2D eigenvalue weighted by molar-refractivity contribution is -0.138. The molecule has 0 bridgehead atoms. The van der Waals surface area contributed by atoms with Crippen LogP contribution in [0.5, 0.6) is 0 Å². The summed E-state index contributed by atoms with van der Waals surface area (Å²) in [5.74, 6) is -0.804. The molecule has 0 aliphatic rings. The Balaban J connectivity index is 2.81. The molecule has 0 radical (unpaired) electrons. The van der Waals surface area contributed by atoms with Crippen LogP contribution in [0.1, 0.15) is 18.9 Å². The molecule has 0 fully saturated rings. The number of aliphatic hydroxyl groups is 1. The first-order valence-corrected chi connectivity index (χ1v) is 7.30. The fourth-order valence-corrected chi connectivity index (χ4v) is 2.46. The molecule has 0 amide bonds. The molecule has 1 aromatic carbocycles. The van der Waals surface area contributed by atoms with Gasteiger partial charge in [-0.15, -0.1) is 0 Å². The predicted octanol–water partition coefficient (Wildman–Crippen LogP) is 1.45. The standard InChI is InChI=1S/C16H26N2O3/c1-4-18(9-10-19)15(12-16(20)21)11-13-5-7-14(8-6-13)17(2)3/h5-8,15,19H,4,9-12H2,1-3H3,(H,20,21). The van der Waals surface area contributed by atoms with E-state index in [0.717, 1.165) is 17.8 Å². The van der Waals surface area contributed by atoms with E-state index in [1.165, 1.54) is 0 Å². The van der Waals surface area contributed by atoms with E-state index in [4.69, 9.17) is 10.2 Å². The maximum Gasteiger partial charge on any atom is 0.304 e. The van der Waals surface area contributed by atoms with Gasteiger partial charge in [0.1, 0.15) is 0 Å². The molecule has 0 aliphatic carbocycles. The Bertz CT molecular complexity index is 432. The van der Waals surface area contributed by atoms with E-state index in [0.29, 0.717) is 13.0 Å². The monoisotopic (exact) mass is 294 g/mol. The van der Waals surface area contributed by atoms with Gasteiger partial charge in [0.25, 0.3) is 0 Å². The number of benzene rings is 1. The zero-order chi connectivity index (χ0) is 15.8. The molecule has 1 rings (SSSR count). The van der Waals surface area contributed by atoms with Crippen LogP contribution in [-0.4, -0.2) is 60.9 Å². The number of nitrogens with zero attached hydrogens (tertiary/aromatic N) is 2. The second-order valence-electron chi connectivity index (χ2n) is 5.37. The quantitative estimate of drug-likeness (QED) is 0.722. The van der Waals surface area contributed by atoms with Crippen molar-refractivity contribution in [3.8, 4) is 0 Å². The molecule has 5 nitrogen and oxygen atoms in total. The van der Waals surface area contributed by atoms with Crippen LogP contribution in [-0.2, 0) is 11.2 Å². The molecule has 118 valence electrons. The van der Waals surface area contributed by atoms with Crippen molar-refractivity contribution in [1.82, 2.24) is 4.90 Å². The number of hydrogen-bond donors (Lipinski definition) is 2. The second kappa shape index (κ2) is 8.64. The van der Waals surface area contributed by atoms with E-state index in [-0.39, 0.29) is 19.1 Å². The van der Waals surface area contributed by atoms with Gasteiger partial charge in [0.05, 0.1) is 13.0 Å². The molecule has 0 heterocycles. The van der Waals surface area contributed by atoms with E-state index in [1.54, 1.807) is 0 Å². The number of likely N-dealkylation sites (N-methyl/N-ethyl adjacent to an activating group) is 1. The third-order valence-electron chi connectivity index (χ3n) is 3.64. The minimum Gasteiger partial charge on any atom is -0.481 e. The van der Waals surface area contributed by atoms with Crippen LogP contribution < -0.4 is 4.90 Å². The van der Waals surface area contributed by atoms with E-state index in [9.17, 15) is 4.79 Å². The summed E-state index contributed by atoms with van der Waals surface area (Å²) in [6, 6.07) is 8.06. The molecule has 1 atom stereocenters. The van der Waals surface area contributed by atoms with Gasteiger partial charge in [-0.05, 0) is 30.7 Å². The number of carbonyl (C=O) groups is 1. The summed E-state index contributed by atoms with van der Waals surface area (Å²) in [6.45, 7) is 3.27. The molecule has 2 N–H and O–H groups in total. The number of carboxylic acid groups (broad SMARTS) is 1. The normalized spacial score (nSPS) is 12.4. The summed E-state index contributed by atoms with van der Waals surface area (Å²) in [6.07, 6.45) is 0.761. The summed E-state index contributed by atoms with van der Waals surface area (Å²) in [5, 5.41) is 18.2. The van der Waals surface area contributed by atoms with Gasteiger partial charge in [0.15, 0.2) is 0 Å². The van der Waals surface area contributed by atoms with Gasteiger partial charge in [-0.3, -0.25) is 9.69 Å². The van der Waals surface area contributed by atoms with Crippen LogP contribution in [0.4, 0.5) is 5.69 Å². The van der Waals surface area contributed by atoms with Crippen LogP contribution >= 0.6 is 0 Å². The van der Waals surface area contributed by atoms with E-state index in [2.05, 4.69) is 0 Å². The van der Waals surface area contributed by atoms with Gasteiger partial charge >= 0.3 is 5.97 Å². The number of hydrogen-bond acceptors (Lipinski definition) is 4. The highest BCUT2D eigenvalue weighted by Gasteiger charge is 2.20. The van der Waals surface area contributed by atoms with Crippen molar-refractivity contribution in [2.75, 3.05) is 38.7 Å². The molecule has 0 saturated carbocycles. The Kier molecular flexibility index (Phi) is 7.19. The van der Waals surface area contributed by atoms with Crippen molar-refractivity contribution < 1.29 is 15.0 Å². The highest BCUT2D eigenvalue weighted by molar-refractivity contribution is 5.67. The molecule has 0 spiro atoms. The van der Waals surface area contributed by atoms with Gasteiger partial charge in [0.2, 0.25) is 0 Å². The third kappa shape index (κ3) is 5.73. The van der Waals surface area contributed by atoms with E-state index in [1.807, 2.05) is 55.1 Å². The Hall–Kier alpha value is -1.59. The first-order valence-electron chi connectivity index (χ1n) is 7.30. The Morgan fingerprint density at radius 2 is 1.86 bits per heavy atom. The number of aliphatic carboxylic acids is 1. The van der Waals surface area contributed by atoms with Crippen molar-refractivity contribution in [1.29, 1.82) is 0 Å². The highest BCUT2D eigenvalue weighted by Crippen LogP contribution is 2.16. The van der Waals surface area contributed by atoms with Crippen molar-refractivity contribution >= 4 is 11.7 Å². The molecular weight excluding hydrogens is 268 g/mol. The minimum absolute atomic E-state index is 0.0452. The van der Waals surface area contributed by atoms with Crippen LogP contribution in [0, 0.1) is 0 Å². The molecule has 0 aromatic heterocycles. The van der Waals surface area contributed by atoms with Crippen LogP contribution in [0.25, 0.3) is 0 Å². The third-order valence-corrected chi connectivity index (χ3v) is 3.64. The molecule has 0 saturated heterocycles. The average Bonchev–Trinajstić information content (AvgIpc) is 2.44. The van der Waals surface area contributed by atoms with Crippen molar-refractivity contribution in [3.63, 3.8) is 0 Å². The largest absolute Gasteiger partial charge is 0.481 e. The Morgan fingerprint density at radius 3 is 2.29 bits per heavy atom. The second-order valence-corrected chi connectivity index (χ2v) is 5.37. The van der Waals surface area contributed by atoms with E-state index < -0.39 is 5.97 Å². The fourth-order valence-electron chi connectivity index (χ4n) is 2.46. The maximum atomic E-state index is 11.1. The first kappa shape index (κ1) is 17.5. The number of anilines is 1. The first-order chi connectivity index (χ1) is 9.97. The number of aliphatic hydroxyl groups excluding tert-OH is 1. The summed E-state index contributed by atoms with van der Waals surface area (Å²) in [7, 11) is 3.98. The molecule has 1 aromatic rings. The molecule has 1 unspecified atom stereocenters. The molecule has 5 heteroatoms. The topological polar surface area (TPSA) is 64.0 Å². The molecule has 0 aliphatic heterocycles. The summed E-state index contributed by atoms with van der Waals surface area (Å²) in [4.78, 5) is 15.1. The molecule has 21 heavy (non-hydrogen) atoms. The smallest absolute Gasteiger partial charge is 0.304 e. The van der Waals surface area contributed by atoms with Gasteiger partial charge < -0.3 is 15.1 Å². The van der Waals surface area contributed by atoms with E-state index >= 15 is 0 Å². The maximum absolute atomic E-state index is 11.1. The lowest BCUT2D eigenvalue weighted by Gasteiger charge is -2.29. The van der Waals surface area contributed by atoms with Crippen molar-refractivity contribution in [2.24, 2.45) is 0 Å². The molecular formula is C16H26N2O3. The van der Waals surface area contributed by atoms with Gasteiger partial charge in [-0.25, -0.2) is 0 Å². The zero-order valence-corrected chi connectivity index (χ0v) is 13.1. The highest BCUT2D eigenvalue weighted by atomic mass is 16.4. The zero-order valence-electron chi connectivity index (χ0n) is 13.1. The summed E-state index contributed by atoms with van der Waals surface area (Å²) >= 11 is 0. The lowest BCUT2D eigenvalue weighted by Crippen LogP contribution is -2.40. The van der Waals surface area contributed by atoms with Crippen molar-refractivity contribution in [3.05, 3.63) is 29.8 Å². The van der Waals surface area contributed by atoms with Crippen molar-refractivity contribution in [2.45, 2.75) is 25.8 Å². The Morgan fingerprint density at radius 1 is 1.24 bits per heavy atom. The number of rotatable bonds is 9. The summed E-state index contributed by atoms with van der Waals surface area (Å²) in [5.41, 5.74) is 2.24. The number of carboxylic acids is 1. The summed E-state index contributed by atoms with van der Waals surface area (Å²) < 4.78 is 0. The lowest BCUT2D eigenvalue weighted by atomic mass is 10.0. The van der Waals surface area contributed by atoms with Gasteiger partial charge in [0, 0.05) is 32.4 Å². The van der Waals surface area contributed by atoms with Gasteiger partial charge in [-0.1, -0.05) is 19.1 Å². The average molecular weight is 294 g/mol. The van der Waals surface area contributed by atoms with Crippen LogP contribution in [0.2, 0.25) is 0 Å². The fraction of sp³-hybridized carbons (Fsp3) is 0.562. The van der Waals surface area contributed by atoms with Crippen LogP contribution in [0.3, 0.4) is 0 Å². The van der Waals surface area contributed by atoms with Gasteiger partial charge in [-0.2, -0.15) is 0 Å². The SMILES string of the molecule is CCN(CCO)C(CC(=O)O)Cc1ccc(N(C)C)cc1. The van der Waals surface area contributed by atoms with Crippen LogP contribution in [0.15, 0.2) is 24.3 Å².